The summed E-state index contributed by atoms with van der Waals surface area (Å²) in [6.07, 6.45) is 1.32. The van der Waals surface area contributed by atoms with Gasteiger partial charge in [-0.1, -0.05) is 0 Å². The molecule has 0 N–H and O–H groups in total. The van der Waals surface area contributed by atoms with E-state index in [-0.39, 0.29) is 16.4 Å². The van der Waals surface area contributed by atoms with Gasteiger partial charge in [0.2, 0.25) is 0 Å². The largest absolute Gasteiger partial charge is 0.501 e. The predicted octanol–water partition coefficient (Wildman–Crippen LogP) is 3.01. The summed E-state index contributed by atoms with van der Waals surface area (Å²) < 4.78 is 44.6. The van der Waals surface area contributed by atoms with E-state index >= 15 is 0 Å². The lowest BCUT2D eigenvalue weighted by Crippen LogP contribution is -2.41. The van der Waals surface area contributed by atoms with Crippen LogP contribution in [0.1, 0.15) is 27.7 Å². The monoisotopic (exact) mass is 280 g/mol. The lowest BCUT2D eigenvalue weighted by molar-refractivity contribution is 0.00578. The zero-order chi connectivity index (χ0) is 14.7. The van der Waals surface area contributed by atoms with Crippen molar-refractivity contribution in [2.24, 2.45) is 0 Å². The second kappa shape index (κ2) is 4.05. The zero-order valence-corrected chi connectivity index (χ0v) is 11.8. The van der Waals surface area contributed by atoms with Crippen LogP contribution in [0, 0.1) is 11.6 Å². The molecule has 0 spiro atoms. The summed E-state index contributed by atoms with van der Waals surface area (Å²) in [4.78, 5) is 0. The lowest BCUT2D eigenvalue weighted by atomic mass is 9.77. The molecule has 6 heteroatoms. The number of benzene rings is 1. The van der Waals surface area contributed by atoms with E-state index in [1.807, 2.05) is 27.7 Å². The van der Waals surface area contributed by atoms with Crippen LogP contribution in [0.2, 0.25) is 0 Å². The molecule has 1 aromatic carbocycles. The Morgan fingerprint density at radius 3 is 2.20 bits per heavy atom. The van der Waals surface area contributed by atoms with Crippen molar-refractivity contribution in [2.75, 3.05) is 0 Å². The molecule has 0 aliphatic carbocycles. The molecule has 0 bridgehead atoms. The van der Waals surface area contributed by atoms with E-state index < -0.39 is 30.0 Å². The molecule has 1 saturated heterocycles. The van der Waals surface area contributed by atoms with E-state index in [1.54, 1.807) is 0 Å². The normalized spacial score (nSPS) is 20.8. The van der Waals surface area contributed by atoms with Gasteiger partial charge in [-0.3, -0.25) is 0 Å². The maximum Gasteiger partial charge on any atom is 0.501 e. The van der Waals surface area contributed by atoms with Gasteiger partial charge in [-0.05, 0) is 33.8 Å². The van der Waals surface area contributed by atoms with E-state index in [0.717, 1.165) is 6.07 Å². The van der Waals surface area contributed by atoms with Crippen LogP contribution < -0.4 is 5.46 Å². The molecule has 0 unspecified atom stereocenters. The molecule has 3 rings (SSSR count). The fraction of sp³-hybridized carbons (Fsp3) is 0.429. The van der Waals surface area contributed by atoms with Gasteiger partial charge < -0.3 is 13.7 Å². The average molecular weight is 280 g/mol. The lowest BCUT2D eigenvalue weighted by Gasteiger charge is -2.32. The van der Waals surface area contributed by atoms with Crippen molar-refractivity contribution in [1.29, 1.82) is 0 Å². The van der Waals surface area contributed by atoms with E-state index in [1.165, 1.54) is 12.3 Å². The Morgan fingerprint density at radius 2 is 1.60 bits per heavy atom. The van der Waals surface area contributed by atoms with Gasteiger partial charge in [-0.2, -0.15) is 0 Å². The van der Waals surface area contributed by atoms with Crippen molar-refractivity contribution in [3.63, 3.8) is 0 Å². The van der Waals surface area contributed by atoms with Gasteiger partial charge in [0.1, 0.15) is 17.2 Å². The van der Waals surface area contributed by atoms with Crippen molar-refractivity contribution < 1.29 is 22.5 Å². The molecule has 0 amide bonds. The number of rotatable bonds is 1. The molecule has 20 heavy (non-hydrogen) atoms. The van der Waals surface area contributed by atoms with Gasteiger partial charge in [-0.25, -0.2) is 8.78 Å². The molecule has 1 aliphatic rings. The number of furan rings is 1. The Balaban J connectivity index is 2.15. The highest BCUT2D eigenvalue weighted by atomic mass is 19.1. The molecule has 3 nitrogen and oxygen atoms in total. The van der Waals surface area contributed by atoms with Gasteiger partial charge in [0.25, 0.3) is 0 Å². The second-order valence-corrected chi connectivity index (χ2v) is 6.01. The SMILES string of the molecule is CC1(C)OB(c2c(F)cc(F)c3ccoc23)OC1(C)C. The van der Waals surface area contributed by atoms with Gasteiger partial charge in [0.15, 0.2) is 0 Å². The first-order valence-corrected chi connectivity index (χ1v) is 6.44. The number of fused-ring (bicyclic) bond motifs is 1. The molecule has 0 saturated carbocycles. The molecule has 1 fully saturated rings. The number of halogens is 2. The molecule has 2 heterocycles. The smallest absolute Gasteiger partial charge is 0.464 e. The minimum atomic E-state index is -0.922. The summed E-state index contributed by atoms with van der Waals surface area (Å²) in [5.41, 5.74) is -0.972. The molecule has 1 aliphatic heterocycles. The highest BCUT2D eigenvalue weighted by Crippen LogP contribution is 2.37. The van der Waals surface area contributed by atoms with Crippen LogP contribution in [0.5, 0.6) is 0 Å². The Morgan fingerprint density at radius 1 is 1.00 bits per heavy atom. The third-order valence-electron chi connectivity index (χ3n) is 4.17. The molecule has 0 atom stereocenters. The predicted molar refractivity (Wildman–Crippen MR) is 71.8 cm³/mol. The Kier molecular flexibility index (Phi) is 2.75. The minimum absolute atomic E-state index is 0.102. The number of hydrogen-bond acceptors (Lipinski definition) is 3. The van der Waals surface area contributed by atoms with Crippen molar-refractivity contribution >= 4 is 23.6 Å². The van der Waals surface area contributed by atoms with Gasteiger partial charge in [0.05, 0.1) is 28.3 Å². The Labute approximate surface area is 116 Å². The van der Waals surface area contributed by atoms with Crippen molar-refractivity contribution in [2.45, 2.75) is 38.9 Å². The van der Waals surface area contributed by atoms with Crippen LogP contribution in [0.4, 0.5) is 8.78 Å². The van der Waals surface area contributed by atoms with Crippen molar-refractivity contribution in [3.05, 3.63) is 30.0 Å². The van der Waals surface area contributed by atoms with Crippen LogP contribution >= 0.6 is 0 Å². The van der Waals surface area contributed by atoms with Gasteiger partial charge in [0, 0.05) is 6.07 Å². The average Bonchev–Trinajstić information content (AvgIpc) is 2.83. The number of hydrogen-bond donors (Lipinski definition) is 0. The fourth-order valence-electron chi connectivity index (χ4n) is 2.26. The van der Waals surface area contributed by atoms with Crippen molar-refractivity contribution in [3.8, 4) is 0 Å². The van der Waals surface area contributed by atoms with Crippen LogP contribution in [0.3, 0.4) is 0 Å². The topological polar surface area (TPSA) is 31.6 Å². The van der Waals surface area contributed by atoms with E-state index in [9.17, 15) is 8.78 Å². The van der Waals surface area contributed by atoms with Crippen LogP contribution in [-0.2, 0) is 9.31 Å². The molecule has 2 aromatic rings. The second-order valence-electron chi connectivity index (χ2n) is 6.01. The fourth-order valence-corrected chi connectivity index (χ4v) is 2.26. The van der Waals surface area contributed by atoms with Crippen molar-refractivity contribution in [1.82, 2.24) is 0 Å². The summed E-state index contributed by atoms with van der Waals surface area (Å²) in [5.74, 6) is -1.39. The third-order valence-corrected chi connectivity index (χ3v) is 4.17. The first-order chi connectivity index (χ1) is 9.23. The summed E-state index contributed by atoms with van der Waals surface area (Å²) in [6, 6.07) is 2.29. The van der Waals surface area contributed by atoms with E-state index in [0.29, 0.717) is 0 Å². The Bertz CT molecular complexity index is 662. The molecular formula is C14H15BF2O3. The zero-order valence-electron chi connectivity index (χ0n) is 11.8. The quantitative estimate of drug-likeness (QED) is 0.752. The summed E-state index contributed by atoms with van der Waals surface area (Å²) >= 11 is 0. The van der Waals surface area contributed by atoms with Crippen LogP contribution in [-0.4, -0.2) is 18.3 Å². The molecule has 106 valence electrons. The van der Waals surface area contributed by atoms with Gasteiger partial charge in [-0.15, -0.1) is 0 Å². The first-order valence-electron chi connectivity index (χ1n) is 6.44. The highest BCUT2D eigenvalue weighted by Gasteiger charge is 2.53. The molecule has 1 aromatic heterocycles. The molecular weight excluding hydrogens is 265 g/mol. The minimum Gasteiger partial charge on any atom is -0.464 e. The molecule has 0 radical (unpaired) electrons. The van der Waals surface area contributed by atoms with Crippen LogP contribution in [0.15, 0.2) is 22.8 Å². The summed E-state index contributed by atoms with van der Waals surface area (Å²) in [5, 5.41) is 0.219. The standard InChI is InChI=1S/C14H15BF2O3/c1-13(2)14(3,4)20-15(19-13)11-10(17)7-9(16)8-5-6-18-12(8)11/h5-7H,1-4H3. The third kappa shape index (κ3) is 1.78. The van der Waals surface area contributed by atoms with Gasteiger partial charge >= 0.3 is 7.12 Å². The van der Waals surface area contributed by atoms with E-state index in [4.69, 9.17) is 13.7 Å². The van der Waals surface area contributed by atoms with E-state index in [2.05, 4.69) is 0 Å². The highest BCUT2D eigenvalue weighted by molar-refractivity contribution is 6.64. The Hall–Kier alpha value is -1.40. The maximum atomic E-state index is 14.2. The summed E-state index contributed by atoms with van der Waals surface area (Å²) in [6.45, 7) is 7.48. The summed E-state index contributed by atoms with van der Waals surface area (Å²) in [7, 11) is -0.922. The first kappa shape index (κ1) is 13.6. The van der Waals surface area contributed by atoms with Crippen LogP contribution in [0.25, 0.3) is 11.0 Å². The maximum absolute atomic E-state index is 14.2.